The zero-order valence-electron chi connectivity index (χ0n) is 43.5. The van der Waals surface area contributed by atoms with Gasteiger partial charge in [0.1, 0.15) is 0 Å². The van der Waals surface area contributed by atoms with E-state index in [1.165, 1.54) is 16.7 Å². The van der Waals surface area contributed by atoms with Gasteiger partial charge in [-0.3, -0.25) is 34.8 Å². The molecule has 0 aliphatic carbocycles. The number of halogens is 3. The van der Waals surface area contributed by atoms with E-state index in [-0.39, 0.29) is 24.1 Å². The summed E-state index contributed by atoms with van der Waals surface area (Å²) in [5.41, 5.74) is 15.2. The molecule has 7 aromatic carbocycles. The summed E-state index contributed by atoms with van der Waals surface area (Å²) in [7, 11) is 0. The number of nitrogens with one attached hydrogen (secondary N) is 3. The lowest BCUT2D eigenvalue weighted by atomic mass is 10.0. The standard InChI is InChI=1S/C18H21NO2.C18H19NO2.C9H10BrNO2.C9H9BrO2.C9H7BrO2/c2*20-18(19-21)14-13-17-11-9-16(10-12-17)8-4-7-15-5-2-1-3-6-15;10-8-4-1-7(2-5-8)3-6-9(12)11-13;2*10-8-4-1-7(2-5-8)3-6-9(11)12/h1-3,5-6,9-12,21H,4,7-8,13-14H2,(H,19,20);1-6,8-12,21H,7,13-14H2,(H,19,20);1-2,4-5,13H,3,6H2,(H,11,12);1-2,4-5H,3,6H2,(H,11,12);1-6H,(H,11,12)/b;;;;6-3+. The van der Waals surface area contributed by atoms with E-state index in [1.807, 2.05) is 121 Å². The number of hydroxylamine groups is 3. The lowest BCUT2D eigenvalue weighted by Crippen LogP contribution is -2.18. The molecule has 0 atom stereocenters. The second-order valence-corrected chi connectivity index (χ2v) is 20.2. The van der Waals surface area contributed by atoms with Crippen LogP contribution in [-0.2, 0) is 68.9 Å². The number of carboxylic acid groups (broad SMARTS) is 2. The summed E-state index contributed by atoms with van der Waals surface area (Å²) in [5.74, 6) is -2.75. The third-order valence-electron chi connectivity index (χ3n) is 11.3. The summed E-state index contributed by atoms with van der Waals surface area (Å²) in [6.07, 6.45) is 14.7. The first-order chi connectivity index (χ1) is 38.1. The van der Waals surface area contributed by atoms with Crippen LogP contribution in [0.1, 0.15) is 82.2 Å². The van der Waals surface area contributed by atoms with Gasteiger partial charge in [0.15, 0.2) is 0 Å². The molecule has 0 saturated carbocycles. The zero-order valence-corrected chi connectivity index (χ0v) is 48.3. The van der Waals surface area contributed by atoms with Gasteiger partial charge in [-0.2, -0.15) is 0 Å². The highest BCUT2D eigenvalue weighted by atomic mass is 79.9. The number of carbonyl (C=O) groups excluding carboxylic acids is 3. The molecule has 3 amide bonds. The highest BCUT2D eigenvalue weighted by Crippen LogP contribution is 2.15. The van der Waals surface area contributed by atoms with Crippen LogP contribution in [0.5, 0.6) is 0 Å². The first-order valence-electron chi connectivity index (χ1n) is 25.2. The Kier molecular flexibility index (Phi) is 33.4. The third-order valence-corrected chi connectivity index (χ3v) is 12.9. The van der Waals surface area contributed by atoms with Crippen LogP contribution >= 0.6 is 47.8 Å². The molecule has 16 heteroatoms. The van der Waals surface area contributed by atoms with E-state index < -0.39 is 11.9 Å². The van der Waals surface area contributed by atoms with Crippen LogP contribution in [0.3, 0.4) is 0 Å². The van der Waals surface area contributed by atoms with Crippen molar-refractivity contribution in [3.63, 3.8) is 0 Å². The fourth-order valence-electron chi connectivity index (χ4n) is 6.99. The monoisotopic (exact) mass is 1260 g/mol. The zero-order chi connectivity index (χ0) is 57.5. The number of benzene rings is 7. The second-order valence-electron chi connectivity index (χ2n) is 17.5. The fourth-order valence-corrected chi connectivity index (χ4v) is 7.78. The number of aliphatic carboxylic acids is 2. The Morgan fingerprint density at radius 3 is 1.05 bits per heavy atom. The van der Waals surface area contributed by atoms with Crippen molar-refractivity contribution in [2.24, 2.45) is 0 Å². The predicted molar refractivity (Wildman–Crippen MR) is 320 cm³/mol. The molecular formula is C63H66Br3N3O10. The normalized spacial score (nSPS) is 10.3. The number of rotatable bonds is 21. The van der Waals surface area contributed by atoms with Crippen molar-refractivity contribution >= 4 is 89.6 Å². The SMILES string of the molecule is O=C(CCc1ccc(Br)cc1)NO.O=C(CCc1ccc(C=CCc2ccccc2)cc1)NO.O=C(CCc1ccc(CCCc2ccccc2)cc1)NO.O=C(O)/C=C/c1ccc(Br)cc1.O=C(O)CCc1ccc(Br)cc1. The highest BCUT2D eigenvalue weighted by Gasteiger charge is 2.04. The van der Waals surface area contributed by atoms with Crippen molar-refractivity contribution in [1.29, 1.82) is 0 Å². The molecule has 0 aromatic heterocycles. The van der Waals surface area contributed by atoms with Gasteiger partial charge < -0.3 is 10.2 Å². The molecule has 0 saturated heterocycles. The molecule has 0 heterocycles. The molecule has 0 aliphatic rings. The van der Waals surface area contributed by atoms with Gasteiger partial charge in [-0.25, -0.2) is 21.2 Å². The van der Waals surface area contributed by atoms with E-state index in [1.54, 1.807) is 22.5 Å². The smallest absolute Gasteiger partial charge is 0.328 e. The van der Waals surface area contributed by atoms with Gasteiger partial charge in [-0.1, -0.05) is 206 Å². The lowest BCUT2D eigenvalue weighted by Gasteiger charge is -2.05. The van der Waals surface area contributed by atoms with Crippen LogP contribution in [0, 0.1) is 0 Å². The number of hydrogen-bond donors (Lipinski definition) is 8. The van der Waals surface area contributed by atoms with Crippen molar-refractivity contribution in [3.8, 4) is 0 Å². The maximum absolute atomic E-state index is 11.0. The molecule has 0 aliphatic heterocycles. The Balaban J connectivity index is 0.000000266. The average molecular weight is 1260 g/mol. The van der Waals surface area contributed by atoms with Gasteiger partial charge in [0.05, 0.1) is 0 Å². The second kappa shape index (κ2) is 40.0. The first kappa shape index (κ1) is 66.0. The fraction of sp³-hybridized carbons (Fsp3) is 0.190. The Labute approximate surface area is 487 Å². The topological polar surface area (TPSA) is 223 Å². The molecule has 414 valence electrons. The quantitative estimate of drug-likeness (QED) is 0.0193. The Bertz CT molecular complexity index is 2910. The highest BCUT2D eigenvalue weighted by molar-refractivity contribution is 9.11. The molecule has 0 bridgehead atoms. The molecule has 0 unspecified atom stereocenters. The number of allylic oxidation sites excluding steroid dienone is 1. The van der Waals surface area contributed by atoms with Crippen LogP contribution in [0.15, 0.2) is 208 Å². The summed E-state index contributed by atoms with van der Waals surface area (Å²) in [5, 5.41) is 41.9. The van der Waals surface area contributed by atoms with Crippen molar-refractivity contribution < 1.29 is 49.8 Å². The molecule has 7 aromatic rings. The van der Waals surface area contributed by atoms with Gasteiger partial charge in [-0.15, -0.1) is 0 Å². The number of carbonyl (C=O) groups is 5. The van der Waals surface area contributed by atoms with Gasteiger partial charge in [-0.05, 0) is 144 Å². The van der Waals surface area contributed by atoms with E-state index in [4.69, 9.17) is 25.8 Å². The average Bonchev–Trinajstić information content (AvgIpc) is 3.47. The van der Waals surface area contributed by atoms with Crippen molar-refractivity contribution in [2.45, 2.75) is 77.0 Å². The first-order valence-corrected chi connectivity index (χ1v) is 27.6. The molecule has 8 N–H and O–H groups in total. The van der Waals surface area contributed by atoms with Crippen molar-refractivity contribution in [1.82, 2.24) is 16.4 Å². The Morgan fingerprint density at radius 1 is 0.367 bits per heavy atom. The van der Waals surface area contributed by atoms with Crippen LogP contribution in [-0.4, -0.2) is 55.5 Å². The molecule has 7 rings (SSSR count). The van der Waals surface area contributed by atoms with Crippen molar-refractivity contribution in [2.75, 3.05) is 0 Å². The molecule has 79 heavy (non-hydrogen) atoms. The number of carboxylic acids is 2. The van der Waals surface area contributed by atoms with Crippen LogP contribution < -0.4 is 16.4 Å². The van der Waals surface area contributed by atoms with Crippen LogP contribution in [0.25, 0.3) is 12.2 Å². The summed E-state index contributed by atoms with van der Waals surface area (Å²) >= 11 is 9.91. The van der Waals surface area contributed by atoms with Gasteiger partial charge in [0.25, 0.3) is 0 Å². The minimum absolute atomic E-state index is 0.196. The van der Waals surface area contributed by atoms with Gasteiger partial charge in [0.2, 0.25) is 17.7 Å². The van der Waals surface area contributed by atoms with Gasteiger partial charge >= 0.3 is 11.9 Å². The summed E-state index contributed by atoms with van der Waals surface area (Å²) in [4.78, 5) is 53.0. The molecule has 0 spiro atoms. The summed E-state index contributed by atoms with van der Waals surface area (Å²) in [6.45, 7) is 0. The maximum atomic E-state index is 11.0. The van der Waals surface area contributed by atoms with Crippen LogP contribution in [0.4, 0.5) is 0 Å². The van der Waals surface area contributed by atoms with E-state index in [0.29, 0.717) is 44.9 Å². The largest absolute Gasteiger partial charge is 0.481 e. The Hall–Kier alpha value is -7.31. The minimum atomic E-state index is -0.932. The number of hydrogen-bond acceptors (Lipinski definition) is 8. The van der Waals surface area contributed by atoms with Crippen molar-refractivity contribution in [3.05, 3.63) is 258 Å². The lowest BCUT2D eigenvalue weighted by molar-refractivity contribution is -0.137. The predicted octanol–water partition coefficient (Wildman–Crippen LogP) is 13.6. The summed E-state index contributed by atoms with van der Waals surface area (Å²) in [6, 6.07) is 60.1. The Morgan fingerprint density at radius 2 is 0.671 bits per heavy atom. The van der Waals surface area contributed by atoms with E-state index >= 15 is 0 Å². The molecule has 0 fully saturated rings. The maximum Gasteiger partial charge on any atom is 0.328 e. The van der Waals surface area contributed by atoms with Gasteiger partial charge in [0, 0.05) is 45.2 Å². The van der Waals surface area contributed by atoms with E-state index in [2.05, 4.69) is 121 Å². The van der Waals surface area contributed by atoms with Crippen LogP contribution in [0.2, 0.25) is 0 Å². The number of aryl methyl sites for hydroxylation is 6. The molecule has 13 nitrogen and oxygen atoms in total. The summed E-state index contributed by atoms with van der Waals surface area (Å²) < 4.78 is 3.01. The molecule has 0 radical (unpaired) electrons. The molecular weight excluding hydrogens is 1200 g/mol. The van der Waals surface area contributed by atoms with E-state index in [0.717, 1.165) is 78.6 Å². The third kappa shape index (κ3) is 32.3. The minimum Gasteiger partial charge on any atom is -0.481 e. The number of amides is 3. The van der Waals surface area contributed by atoms with E-state index in [9.17, 15) is 24.0 Å².